The lowest BCUT2D eigenvalue weighted by molar-refractivity contribution is -0.385. The van der Waals surface area contributed by atoms with Crippen LogP contribution in [-0.2, 0) is 16.1 Å². The molecule has 0 bridgehead atoms. The minimum atomic E-state index is -0.641. The number of esters is 1. The van der Waals surface area contributed by atoms with E-state index in [0.29, 0.717) is 0 Å². The Morgan fingerprint density at radius 3 is 2.83 bits per heavy atom. The number of hydrogen-bond acceptors (Lipinski definition) is 6. The molecule has 10 heteroatoms. The number of pyridine rings is 1. The van der Waals surface area contributed by atoms with E-state index in [4.69, 9.17) is 4.74 Å². The summed E-state index contributed by atoms with van der Waals surface area (Å²) in [5.74, 6) is -0.631. The van der Waals surface area contributed by atoms with Crippen molar-refractivity contribution < 1.29 is 19.2 Å². The Bertz CT molecular complexity index is 751. The van der Waals surface area contributed by atoms with Gasteiger partial charge in [0.25, 0.3) is 11.2 Å². The number of hydrogen-bond donors (Lipinski definition) is 2. The number of carbonyl (C=O) groups excluding carboxylic acids is 2. The summed E-state index contributed by atoms with van der Waals surface area (Å²) in [6, 6.07) is 1.60. The van der Waals surface area contributed by atoms with E-state index in [0.717, 1.165) is 22.9 Å². The first-order chi connectivity index (χ1) is 10.9. The van der Waals surface area contributed by atoms with Gasteiger partial charge in [-0.25, -0.2) is 9.59 Å². The van der Waals surface area contributed by atoms with Crippen LogP contribution in [0, 0.1) is 10.1 Å². The van der Waals surface area contributed by atoms with Crippen molar-refractivity contribution >= 4 is 17.7 Å². The van der Waals surface area contributed by atoms with Gasteiger partial charge >= 0.3 is 12.0 Å². The summed E-state index contributed by atoms with van der Waals surface area (Å²) in [5, 5.41) is 15.6. The summed E-state index contributed by atoms with van der Waals surface area (Å²) >= 11 is 0. The number of allylic oxidation sites excluding steroid dienone is 1. The largest absolute Gasteiger partial charge is 0.463 e. The summed E-state index contributed by atoms with van der Waals surface area (Å²) in [6.07, 6.45) is 1.05. The molecule has 0 unspecified atom stereocenters. The number of ether oxygens (including phenoxy) is 1. The molecule has 1 aliphatic rings. The van der Waals surface area contributed by atoms with Gasteiger partial charge in [-0.05, 0) is 6.92 Å². The zero-order valence-corrected chi connectivity index (χ0v) is 12.2. The molecule has 0 atom stereocenters. The highest BCUT2D eigenvalue weighted by Crippen LogP contribution is 2.12. The van der Waals surface area contributed by atoms with Crippen LogP contribution in [-0.4, -0.2) is 34.6 Å². The molecule has 1 aliphatic heterocycles. The number of amides is 2. The molecule has 0 fully saturated rings. The maximum Gasteiger partial charge on any atom is 0.337 e. The Kier molecular flexibility index (Phi) is 4.74. The number of nitrogens with zero attached hydrogens (tertiary/aromatic N) is 2. The van der Waals surface area contributed by atoms with E-state index < -0.39 is 22.5 Å². The average Bonchev–Trinajstić information content (AvgIpc) is 2.49. The molecule has 2 rings (SSSR count). The van der Waals surface area contributed by atoms with Gasteiger partial charge in [-0.3, -0.25) is 14.9 Å². The van der Waals surface area contributed by atoms with Crippen molar-refractivity contribution in [1.82, 2.24) is 15.2 Å². The fourth-order valence-corrected chi connectivity index (χ4v) is 2.00. The molecule has 0 aromatic carbocycles. The van der Waals surface area contributed by atoms with Crippen molar-refractivity contribution in [2.24, 2.45) is 0 Å². The lowest BCUT2D eigenvalue weighted by atomic mass is 10.1. The van der Waals surface area contributed by atoms with Crippen LogP contribution >= 0.6 is 0 Å². The third-order valence-electron chi connectivity index (χ3n) is 3.08. The van der Waals surface area contributed by atoms with E-state index >= 15 is 0 Å². The van der Waals surface area contributed by atoms with E-state index in [-0.39, 0.29) is 36.7 Å². The lowest BCUT2D eigenvalue weighted by Gasteiger charge is -2.21. The molecule has 10 nitrogen and oxygen atoms in total. The predicted octanol–water partition coefficient (Wildman–Crippen LogP) is -0.114. The molecule has 1 aromatic rings. The maximum atomic E-state index is 11.9. The van der Waals surface area contributed by atoms with Crippen LogP contribution in [0.5, 0.6) is 0 Å². The lowest BCUT2D eigenvalue weighted by Crippen LogP contribution is -2.45. The van der Waals surface area contributed by atoms with Gasteiger partial charge in [0.05, 0.1) is 42.1 Å². The monoisotopic (exact) mass is 322 g/mol. The molecule has 1 aromatic heterocycles. The molecule has 0 spiro atoms. The Labute approximate surface area is 129 Å². The first kappa shape index (κ1) is 16.2. The van der Waals surface area contributed by atoms with Gasteiger partial charge < -0.3 is 19.9 Å². The average molecular weight is 322 g/mol. The van der Waals surface area contributed by atoms with Crippen molar-refractivity contribution in [3.63, 3.8) is 0 Å². The molecule has 122 valence electrons. The smallest absolute Gasteiger partial charge is 0.337 e. The second-order valence-electron chi connectivity index (χ2n) is 4.60. The minimum Gasteiger partial charge on any atom is -0.463 e. The van der Waals surface area contributed by atoms with Gasteiger partial charge in [0.2, 0.25) is 0 Å². The van der Waals surface area contributed by atoms with Crippen LogP contribution in [0.4, 0.5) is 10.5 Å². The minimum absolute atomic E-state index is 0.0519. The molecular weight excluding hydrogens is 308 g/mol. The van der Waals surface area contributed by atoms with E-state index in [1.165, 1.54) is 0 Å². The van der Waals surface area contributed by atoms with Crippen LogP contribution in [0.1, 0.15) is 6.92 Å². The number of carbonyl (C=O) groups is 2. The van der Waals surface area contributed by atoms with Crippen LogP contribution < -0.4 is 16.2 Å². The SMILES string of the molecule is CCOC(=O)C1=C(Cn2cc([N+](=O)[O-])ccc2=O)NC(=O)NC1. The second kappa shape index (κ2) is 6.73. The summed E-state index contributed by atoms with van der Waals surface area (Å²) in [7, 11) is 0. The van der Waals surface area contributed by atoms with Crippen molar-refractivity contribution in [2.75, 3.05) is 13.2 Å². The highest BCUT2D eigenvalue weighted by molar-refractivity contribution is 5.93. The van der Waals surface area contributed by atoms with Crippen LogP contribution in [0.2, 0.25) is 0 Å². The summed E-state index contributed by atoms with van der Waals surface area (Å²) in [4.78, 5) is 45.3. The Balaban J connectivity index is 2.39. The van der Waals surface area contributed by atoms with E-state index in [1.807, 2.05) is 0 Å². The fraction of sp³-hybridized carbons (Fsp3) is 0.308. The first-order valence-corrected chi connectivity index (χ1v) is 6.71. The Morgan fingerprint density at radius 2 is 2.17 bits per heavy atom. The van der Waals surface area contributed by atoms with Gasteiger partial charge in [-0.15, -0.1) is 0 Å². The Hall–Kier alpha value is -3.17. The molecule has 0 aliphatic carbocycles. The summed E-state index contributed by atoms with van der Waals surface area (Å²) in [6.45, 7) is 1.55. The first-order valence-electron chi connectivity index (χ1n) is 6.71. The number of nitrogens with one attached hydrogen (secondary N) is 2. The quantitative estimate of drug-likeness (QED) is 0.441. The molecule has 2 amide bonds. The van der Waals surface area contributed by atoms with Crippen LogP contribution in [0.15, 0.2) is 34.4 Å². The third kappa shape index (κ3) is 3.73. The van der Waals surface area contributed by atoms with Crippen LogP contribution in [0.3, 0.4) is 0 Å². The summed E-state index contributed by atoms with van der Waals surface area (Å²) in [5.41, 5.74) is -0.457. The predicted molar refractivity (Wildman–Crippen MR) is 77.5 cm³/mol. The van der Waals surface area contributed by atoms with Crippen molar-refractivity contribution in [3.8, 4) is 0 Å². The number of aromatic nitrogens is 1. The van der Waals surface area contributed by atoms with Crippen LogP contribution in [0.25, 0.3) is 0 Å². The van der Waals surface area contributed by atoms with Gasteiger partial charge in [0, 0.05) is 12.1 Å². The second-order valence-corrected chi connectivity index (χ2v) is 4.60. The van der Waals surface area contributed by atoms with Gasteiger partial charge in [-0.1, -0.05) is 0 Å². The van der Waals surface area contributed by atoms with Gasteiger partial charge in [-0.2, -0.15) is 0 Å². The number of nitro groups is 1. The molecule has 0 saturated heterocycles. The zero-order chi connectivity index (χ0) is 17.0. The molecular formula is C13H14N4O6. The standard InChI is InChI=1S/C13H14N4O6/c1-2-23-12(19)9-5-14-13(20)15-10(9)7-16-6-8(17(21)22)3-4-11(16)18/h3-4,6H,2,5,7H2,1H3,(H2,14,15,20). The number of rotatable bonds is 5. The summed E-state index contributed by atoms with van der Waals surface area (Å²) < 4.78 is 5.93. The van der Waals surface area contributed by atoms with Gasteiger partial charge in [0.1, 0.15) is 0 Å². The van der Waals surface area contributed by atoms with E-state index in [2.05, 4.69) is 10.6 Å². The topological polar surface area (TPSA) is 133 Å². The van der Waals surface area contributed by atoms with E-state index in [9.17, 15) is 24.5 Å². The molecule has 2 heterocycles. The van der Waals surface area contributed by atoms with Crippen molar-refractivity contribution in [2.45, 2.75) is 13.5 Å². The molecule has 2 N–H and O–H groups in total. The zero-order valence-electron chi connectivity index (χ0n) is 12.2. The Morgan fingerprint density at radius 1 is 1.43 bits per heavy atom. The van der Waals surface area contributed by atoms with Crippen molar-refractivity contribution in [1.29, 1.82) is 0 Å². The normalized spacial score (nSPS) is 14.0. The third-order valence-corrected chi connectivity index (χ3v) is 3.08. The molecule has 0 radical (unpaired) electrons. The fourth-order valence-electron chi connectivity index (χ4n) is 2.00. The molecule has 23 heavy (non-hydrogen) atoms. The van der Waals surface area contributed by atoms with Gasteiger partial charge in [0.15, 0.2) is 0 Å². The van der Waals surface area contributed by atoms with E-state index in [1.54, 1.807) is 6.92 Å². The molecule has 0 saturated carbocycles. The highest BCUT2D eigenvalue weighted by atomic mass is 16.6. The number of urea groups is 1. The van der Waals surface area contributed by atoms with Crippen molar-refractivity contribution in [3.05, 3.63) is 50.1 Å². The maximum absolute atomic E-state index is 11.9. The highest BCUT2D eigenvalue weighted by Gasteiger charge is 2.24.